The summed E-state index contributed by atoms with van der Waals surface area (Å²) in [5.41, 5.74) is 2.58. The molecule has 4 nitrogen and oxygen atoms in total. The zero-order valence-electron chi connectivity index (χ0n) is 14.9. The molecule has 0 N–H and O–H groups in total. The molecule has 1 aliphatic rings. The van der Waals surface area contributed by atoms with Crippen molar-refractivity contribution in [3.05, 3.63) is 51.3 Å². The number of hydrogen-bond acceptors (Lipinski definition) is 3. The zero-order chi connectivity index (χ0) is 19.1. The van der Waals surface area contributed by atoms with Crippen LogP contribution < -0.4 is 0 Å². The number of alkyl halides is 3. The molecular formula is C18H21ClF3N3O. The quantitative estimate of drug-likeness (QED) is 0.789. The lowest BCUT2D eigenvalue weighted by Gasteiger charge is -2.32. The fraction of sp³-hybridized carbons (Fsp3) is 0.500. The standard InChI is InChI=1S/C18H21ClF3N3O/c1-11-17(16-10-26-7-6-24(16)3)12(2)25(23-11)9-13-4-5-15(19)14(8-13)18(20,21)22/h4-5,8,16H,6-7,9-10H2,1-3H3. The van der Waals surface area contributed by atoms with E-state index in [-0.39, 0.29) is 17.6 Å². The van der Waals surface area contributed by atoms with Crippen LogP contribution in [0.5, 0.6) is 0 Å². The molecule has 0 saturated carbocycles. The number of aryl methyl sites for hydroxylation is 1. The van der Waals surface area contributed by atoms with Gasteiger partial charge in [-0.15, -0.1) is 0 Å². The number of aromatic nitrogens is 2. The van der Waals surface area contributed by atoms with Crippen molar-refractivity contribution in [1.82, 2.24) is 14.7 Å². The number of rotatable bonds is 3. The third-order valence-electron chi connectivity index (χ3n) is 4.84. The summed E-state index contributed by atoms with van der Waals surface area (Å²) in [7, 11) is 2.04. The molecule has 0 spiro atoms. The molecule has 2 heterocycles. The number of hydrogen-bond donors (Lipinski definition) is 0. The summed E-state index contributed by atoms with van der Waals surface area (Å²) in [6, 6.07) is 4.08. The van der Waals surface area contributed by atoms with Gasteiger partial charge in [0.25, 0.3) is 0 Å². The van der Waals surface area contributed by atoms with Crippen LogP contribution in [-0.4, -0.2) is 41.5 Å². The fourth-order valence-electron chi connectivity index (χ4n) is 3.40. The molecule has 1 saturated heterocycles. The summed E-state index contributed by atoms with van der Waals surface area (Å²) >= 11 is 5.70. The van der Waals surface area contributed by atoms with Crippen LogP contribution in [0.4, 0.5) is 13.2 Å². The van der Waals surface area contributed by atoms with Gasteiger partial charge in [-0.1, -0.05) is 17.7 Å². The van der Waals surface area contributed by atoms with Crippen LogP contribution in [0.15, 0.2) is 18.2 Å². The molecule has 26 heavy (non-hydrogen) atoms. The topological polar surface area (TPSA) is 30.3 Å². The lowest BCUT2D eigenvalue weighted by molar-refractivity contribution is -0.137. The Bertz CT molecular complexity index is 804. The molecule has 3 rings (SSSR count). The van der Waals surface area contributed by atoms with Gasteiger partial charge in [0.15, 0.2) is 0 Å². The van der Waals surface area contributed by atoms with Crippen LogP contribution in [0, 0.1) is 13.8 Å². The molecule has 1 aliphatic heterocycles. The first kappa shape index (κ1) is 19.2. The molecule has 0 bridgehead atoms. The van der Waals surface area contributed by atoms with Gasteiger partial charge in [-0.05, 0) is 38.6 Å². The summed E-state index contributed by atoms with van der Waals surface area (Å²) in [6.45, 7) is 6.24. The van der Waals surface area contributed by atoms with E-state index in [0.717, 1.165) is 29.6 Å². The molecule has 0 radical (unpaired) electrons. The van der Waals surface area contributed by atoms with Gasteiger partial charge in [-0.2, -0.15) is 18.3 Å². The van der Waals surface area contributed by atoms with E-state index >= 15 is 0 Å². The Morgan fingerprint density at radius 3 is 2.69 bits per heavy atom. The summed E-state index contributed by atoms with van der Waals surface area (Å²) < 4.78 is 46.6. The highest BCUT2D eigenvalue weighted by Gasteiger charge is 2.33. The molecule has 1 atom stereocenters. The SMILES string of the molecule is Cc1nn(Cc2ccc(Cl)c(C(F)(F)F)c2)c(C)c1C1COCCN1C. The van der Waals surface area contributed by atoms with E-state index in [4.69, 9.17) is 16.3 Å². The Morgan fingerprint density at radius 2 is 2.04 bits per heavy atom. The summed E-state index contributed by atoms with van der Waals surface area (Å²) in [5.74, 6) is 0. The minimum absolute atomic E-state index is 0.105. The maximum Gasteiger partial charge on any atom is 0.417 e. The van der Waals surface area contributed by atoms with Gasteiger partial charge in [-0.3, -0.25) is 9.58 Å². The van der Waals surface area contributed by atoms with E-state index in [1.165, 1.54) is 6.07 Å². The van der Waals surface area contributed by atoms with E-state index in [2.05, 4.69) is 10.00 Å². The first-order valence-corrected chi connectivity index (χ1v) is 8.73. The maximum atomic E-state index is 13.1. The third kappa shape index (κ3) is 3.75. The molecule has 0 aliphatic carbocycles. The second-order valence-electron chi connectivity index (χ2n) is 6.63. The molecule has 1 fully saturated rings. The van der Waals surface area contributed by atoms with E-state index < -0.39 is 11.7 Å². The molecular weight excluding hydrogens is 367 g/mol. The van der Waals surface area contributed by atoms with Crippen molar-refractivity contribution in [2.75, 3.05) is 26.8 Å². The second-order valence-corrected chi connectivity index (χ2v) is 7.03. The van der Waals surface area contributed by atoms with Crippen LogP contribution in [0.25, 0.3) is 0 Å². The molecule has 2 aromatic rings. The van der Waals surface area contributed by atoms with Crippen LogP contribution in [0.3, 0.4) is 0 Å². The predicted octanol–water partition coefficient (Wildman–Crippen LogP) is 4.22. The summed E-state index contributed by atoms with van der Waals surface area (Å²) in [4.78, 5) is 2.22. The van der Waals surface area contributed by atoms with Gasteiger partial charge in [0.2, 0.25) is 0 Å². The Hall–Kier alpha value is -1.57. The van der Waals surface area contributed by atoms with Crippen LogP contribution in [0.2, 0.25) is 5.02 Å². The third-order valence-corrected chi connectivity index (χ3v) is 5.16. The normalized spacial score (nSPS) is 19.1. The van der Waals surface area contributed by atoms with Crippen molar-refractivity contribution in [2.24, 2.45) is 0 Å². The smallest absolute Gasteiger partial charge is 0.378 e. The average molecular weight is 388 g/mol. The van der Waals surface area contributed by atoms with E-state index in [9.17, 15) is 13.2 Å². The molecule has 142 valence electrons. The van der Waals surface area contributed by atoms with Crippen molar-refractivity contribution < 1.29 is 17.9 Å². The van der Waals surface area contributed by atoms with Gasteiger partial charge < -0.3 is 4.74 Å². The maximum absolute atomic E-state index is 13.1. The number of ether oxygens (including phenoxy) is 1. The molecule has 1 aromatic heterocycles. The highest BCUT2D eigenvalue weighted by Crippen LogP contribution is 2.35. The highest BCUT2D eigenvalue weighted by molar-refractivity contribution is 6.31. The molecule has 1 aromatic carbocycles. The lowest BCUT2D eigenvalue weighted by atomic mass is 10.0. The number of likely N-dealkylation sites (N-methyl/N-ethyl adjacent to an activating group) is 1. The Kier molecular flexibility index (Phi) is 5.33. The largest absolute Gasteiger partial charge is 0.417 e. The predicted molar refractivity (Wildman–Crippen MR) is 93.4 cm³/mol. The minimum Gasteiger partial charge on any atom is -0.378 e. The first-order chi connectivity index (χ1) is 12.2. The van der Waals surface area contributed by atoms with Gasteiger partial charge >= 0.3 is 6.18 Å². The van der Waals surface area contributed by atoms with Gasteiger partial charge in [0, 0.05) is 17.8 Å². The van der Waals surface area contributed by atoms with E-state index in [1.54, 1.807) is 10.7 Å². The van der Waals surface area contributed by atoms with E-state index in [1.807, 2.05) is 20.9 Å². The van der Waals surface area contributed by atoms with Crippen molar-refractivity contribution in [3.63, 3.8) is 0 Å². The molecule has 8 heteroatoms. The Labute approximate surface area is 155 Å². The summed E-state index contributed by atoms with van der Waals surface area (Å²) in [5, 5.41) is 4.25. The molecule has 1 unspecified atom stereocenters. The van der Waals surface area contributed by atoms with Crippen LogP contribution in [-0.2, 0) is 17.5 Å². The highest BCUT2D eigenvalue weighted by atomic mass is 35.5. The average Bonchev–Trinajstić information content (AvgIpc) is 2.83. The van der Waals surface area contributed by atoms with E-state index in [0.29, 0.717) is 18.8 Å². The van der Waals surface area contributed by atoms with Gasteiger partial charge in [0.05, 0.1) is 42.1 Å². The van der Waals surface area contributed by atoms with Gasteiger partial charge in [0.1, 0.15) is 0 Å². The number of halogens is 4. The Balaban J connectivity index is 1.91. The molecule has 0 amide bonds. The number of nitrogens with zero attached hydrogens (tertiary/aromatic N) is 3. The zero-order valence-corrected chi connectivity index (χ0v) is 15.7. The van der Waals surface area contributed by atoms with Gasteiger partial charge in [-0.25, -0.2) is 0 Å². The number of morpholine rings is 1. The van der Waals surface area contributed by atoms with Crippen molar-refractivity contribution in [2.45, 2.75) is 32.6 Å². The van der Waals surface area contributed by atoms with Crippen molar-refractivity contribution in [1.29, 1.82) is 0 Å². The van der Waals surface area contributed by atoms with Crippen LogP contribution in [0.1, 0.15) is 34.1 Å². The fourth-order valence-corrected chi connectivity index (χ4v) is 3.62. The first-order valence-electron chi connectivity index (χ1n) is 8.36. The lowest BCUT2D eigenvalue weighted by Crippen LogP contribution is -2.37. The minimum atomic E-state index is -4.48. The van der Waals surface area contributed by atoms with Crippen molar-refractivity contribution >= 4 is 11.6 Å². The summed E-state index contributed by atoms with van der Waals surface area (Å²) in [6.07, 6.45) is -4.48. The second kappa shape index (κ2) is 7.21. The van der Waals surface area contributed by atoms with Crippen molar-refractivity contribution in [3.8, 4) is 0 Å². The van der Waals surface area contributed by atoms with Crippen LogP contribution >= 0.6 is 11.6 Å². The Morgan fingerprint density at radius 1 is 1.31 bits per heavy atom. The monoisotopic (exact) mass is 387 g/mol. The number of benzene rings is 1.